The Kier molecular flexibility index (Phi) is 5.78. The van der Waals surface area contributed by atoms with Crippen LogP contribution in [0.2, 0.25) is 0 Å². The van der Waals surface area contributed by atoms with Gasteiger partial charge in [-0.05, 0) is 68.3 Å². The third-order valence-electron chi connectivity index (χ3n) is 6.42. The lowest BCUT2D eigenvalue weighted by Crippen LogP contribution is -2.38. The third kappa shape index (κ3) is 4.22. The Hall–Kier alpha value is -1.55. The van der Waals surface area contributed by atoms with Gasteiger partial charge in [0.1, 0.15) is 5.75 Å². The summed E-state index contributed by atoms with van der Waals surface area (Å²) in [5.74, 6) is 2.12. The fourth-order valence-corrected chi connectivity index (χ4v) is 4.81. The number of rotatable bonds is 6. The van der Waals surface area contributed by atoms with Crippen LogP contribution < -0.4 is 10.1 Å². The van der Waals surface area contributed by atoms with Crippen molar-refractivity contribution >= 4 is 5.91 Å². The lowest BCUT2D eigenvalue weighted by Gasteiger charge is -2.30. The molecule has 1 aromatic rings. The SMILES string of the molecule is O=C(CCC1CCNCC1)N(Cc1ccc2c(c1)CCO2)C1CCCC1. The monoisotopic (exact) mass is 356 g/mol. The topological polar surface area (TPSA) is 41.6 Å². The standard InChI is InChI=1S/C22H32N2O2/c25-22(8-6-17-9-12-23-13-10-17)24(20-3-1-2-4-20)16-18-5-7-21-19(15-18)11-14-26-21/h5,7,15,17,20,23H,1-4,6,8-14,16H2. The molecule has 142 valence electrons. The van der Waals surface area contributed by atoms with E-state index in [4.69, 9.17) is 4.74 Å². The Balaban J connectivity index is 1.40. The first-order valence-corrected chi connectivity index (χ1v) is 10.5. The summed E-state index contributed by atoms with van der Waals surface area (Å²) in [4.78, 5) is 15.3. The van der Waals surface area contributed by atoms with Crippen molar-refractivity contribution in [3.8, 4) is 5.75 Å². The predicted molar refractivity (Wildman–Crippen MR) is 103 cm³/mol. The molecule has 0 unspecified atom stereocenters. The molecule has 2 heterocycles. The van der Waals surface area contributed by atoms with Gasteiger partial charge in [-0.15, -0.1) is 0 Å². The molecule has 1 aromatic carbocycles. The number of carbonyl (C=O) groups excluding carboxylic acids is 1. The zero-order valence-electron chi connectivity index (χ0n) is 15.8. The van der Waals surface area contributed by atoms with E-state index >= 15 is 0 Å². The van der Waals surface area contributed by atoms with Crippen molar-refractivity contribution in [2.45, 2.75) is 70.4 Å². The number of piperidine rings is 1. The average Bonchev–Trinajstić information content (AvgIpc) is 3.36. The number of ether oxygens (including phenoxy) is 1. The van der Waals surface area contributed by atoms with Gasteiger partial charge in [0.15, 0.2) is 0 Å². The Morgan fingerprint density at radius 3 is 2.77 bits per heavy atom. The van der Waals surface area contributed by atoms with Crippen molar-refractivity contribution < 1.29 is 9.53 Å². The normalized spacial score (nSPS) is 20.8. The maximum atomic E-state index is 13.1. The van der Waals surface area contributed by atoms with E-state index in [1.54, 1.807) is 0 Å². The van der Waals surface area contributed by atoms with Gasteiger partial charge in [0, 0.05) is 25.4 Å². The molecule has 3 aliphatic rings. The highest BCUT2D eigenvalue weighted by Crippen LogP contribution is 2.30. The zero-order valence-corrected chi connectivity index (χ0v) is 15.8. The van der Waals surface area contributed by atoms with Crippen LogP contribution >= 0.6 is 0 Å². The van der Waals surface area contributed by atoms with Crippen LogP contribution in [0.3, 0.4) is 0 Å². The molecule has 0 spiro atoms. The molecule has 0 aromatic heterocycles. The number of hydrogen-bond donors (Lipinski definition) is 1. The maximum absolute atomic E-state index is 13.1. The quantitative estimate of drug-likeness (QED) is 0.845. The van der Waals surface area contributed by atoms with Crippen LogP contribution in [0.4, 0.5) is 0 Å². The molecule has 26 heavy (non-hydrogen) atoms. The molecule has 1 aliphatic carbocycles. The molecule has 1 saturated carbocycles. The smallest absolute Gasteiger partial charge is 0.223 e. The highest BCUT2D eigenvalue weighted by atomic mass is 16.5. The van der Waals surface area contributed by atoms with E-state index in [-0.39, 0.29) is 0 Å². The number of nitrogens with zero attached hydrogens (tertiary/aromatic N) is 1. The highest BCUT2D eigenvalue weighted by molar-refractivity contribution is 5.76. The van der Waals surface area contributed by atoms with Gasteiger partial charge in [0.2, 0.25) is 5.91 Å². The summed E-state index contributed by atoms with van der Waals surface area (Å²) in [5, 5.41) is 3.42. The van der Waals surface area contributed by atoms with Crippen molar-refractivity contribution in [1.29, 1.82) is 0 Å². The summed E-state index contributed by atoms with van der Waals surface area (Å²) >= 11 is 0. The first-order valence-electron chi connectivity index (χ1n) is 10.5. The first kappa shape index (κ1) is 17.8. The molecule has 0 radical (unpaired) electrons. The van der Waals surface area contributed by atoms with Gasteiger partial charge >= 0.3 is 0 Å². The average molecular weight is 357 g/mol. The van der Waals surface area contributed by atoms with Gasteiger partial charge in [-0.25, -0.2) is 0 Å². The summed E-state index contributed by atoms with van der Waals surface area (Å²) in [5.41, 5.74) is 2.56. The largest absolute Gasteiger partial charge is 0.493 e. The lowest BCUT2D eigenvalue weighted by atomic mass is 9.93. The fourth-order valence-electron chi connectivity index (χ4n) is 4.81. The van der Waals surface area contributed by atoms with Crippen molar-refractivity contribution in [3.63, 3.8) is 0 Å². The number of hydrogen-bond acceptors (Lipinski definition) is 3. The molecule has 1 amide bonds. The second-order valence-corrected chi connectivity index (χ2v) is 8.23. The van der Waals surface area contributed by atoms with Crippen LogP contribution in [0.5, 0.6) is 5.75 Å². The Morgan fingerprint density at radius 2 is 1.96 bits per heavy atom. The minimum absolute atomic E-state index is 0.368. The van der Waals surface area contributed by atoms with Gasteiger partial charge in [0.05, 0.1) is 6.61 Å². The highest BCUT2D eigenvalue weighted by Gasteiger charge is 2.27. The van der Waals surface area contributed by atoms with Crippen molar-refractivity contribution in [3.05, 3.63) is 29.3 Å². The molecule has 4 nitrogen and oxygen atoms in total. The third-order valence-corrected chi connectivity index (χ3v) is 6.42. The minimum atomic E-state index is 0.368. The Labute approximate surface area is 157 Å². The molecular formula is C22H32N2O2. The number of amides is 1. The van der Waals surface area contributed by atoms with Crippen LogP contribution in [0.1, 0.15) is 62.5 Å². The van der Waals surface area contributed by atoms with Crippen LogP contribution in [-0.4, -0.2) is 36.5 Å². The van der Waals surface area contributed by atoms with E-state index in [1.807, 2.05) is 0 Å². The number of nitrogens with one attached hydrogen (secondary N) is 1. The molecule has 1 saturated heterocycles. The molecule has 0 atom stereocenters. The van der Waals surface area contributed by atoms with Gasteiger partial charge in [-0.3, -0.25) is 4.79 Å². The van der Waals surface area contributed by atoms with Gasteiger partial charge < -0.3 is 15.0 Å². The van der Waals surface area contributed by atoms with Crippen molar-refractivity contribution in [1.82, 2.24) is 10.2 Å². The first-order chi connectivity index (χ1) is 12.8. The molecule has 1 N–H and O–H groups in total. The van der Waals surface area contributed by atoms with E-state index in [1.165, 1.54) is 49.7 Å². The van der Waals surface area contributed by atoms with Crippen molar-refractivity contribution in [2.75, 3.05) is 19.7 Å². The summed E-state index contributed by atoms with van der Waals surface area (Å²) in [6.45, 7) is 3.79. The predicted octanol–water partition coefficient (Wildman–Crippen LogP) is 3.67. The van der Waals surface area contributed by atoms with Crippen LogP contribution in [0.25, 0.3) is 0 Å². The molecule has 0 bridgehead atoms. The maximum Gasteiger partial charge on any atom is 0.223 e. The van der Waals surface area contributed by atoms with Gasteiger partial charge in [-0.2, -0.15) is 0 Å². The number of benzene rings is 1. The number of carbonyl (C=O) groups is 1. The minimum Gasteiger partial charge on any atom is -0.493 e. The molecule has 4 rings (SSSR count). The Bertz CT molecular complexity index is 619. The van der Waals surface area contributed by atoms with Crippen LogP contribution in [0, 0.1) is 5.92 Å². The van der Waals surface area contributed by atoms with Gasteiger partial charge in [-0.1, -0.05) is 25.0 Å². The van der Waals surface area contributed by atoms with Crippen LogP contribution in [-0.2, 0) is 17.8 Å². The van der Waals surface area contributed by atoms with Crippen molar-refractivity contribution in [2.24, 2.45) is 5.92 Å². The zero-order chi connectivity index (χ0) is 17.8. The van der Waals surface area contributed by atoms with E-state index in [9.17, 15) is 4.79 Å². The summed E-state index contributed by atoms with van der Waals surface area (Å²) in [7, 11) is 0. The van der Waals surface area contributed by atoms with Crippen LogP contribution in [0.15, 0.2) is 18.2 Å². The van der Waals surface area contributed by atoms with E-state index < -0.39 is 0 Å². The molecular weight excluding hydrogens is 324 g/mol. The molecule has 2 aliphatic heterocycles. The lowest BCUT2D eigenvalue weighted by molar-refractivity contribution is -0.134. The van der Waals surface area contributed by atoms with E-state index in [2.05, 4.69) is 28.4 Å². The number of fused-ring (bicyclic) bond motifs is 1. The molecule has 4 heteroatoms. The summed E-state index contributed by atoms with van der Waals surface area (Å²) in [6, 6.07) is 6.93. The Morgan fingerprint density at radius 1 is 1.15 bits per heavy atom. The second kappa shape index (κ2) is 8.43. The van der Waals surface area contributed by atoms with E-state index in [0.29, 0.717) is 11.9 Å². The van der Waals surface area contributed by atoms with Gasteiger partial charge in [0.25, 0.3) is 0 Å². The summed E-state index contributed by atoms with van der Waals surface area (Å²) < 4.78 is 5.63. The fraction of sp³-hybridized carbons (Fsp3) is 0.682. The molecule has 2 fully saturated rings. The summed E-state index contributed by atoms with van der Waals surface area (Å²) in [6.07, 6.45) is 10.1. The van der Waals surface area contributed by atoms with E-state index in [0.717, 1.165) is 57.2 Å². The second-order valence-electron chi connectivity index (χ2n) is 8.23.